The summed E-state index contributed by atoms with van der Waals surface area (Å²) in [5, 5.41) is 15.4. The van der Waals surface area contributed by atoms with Gasteiger partial charge in [0.05, 0.1) is 28.8 Å². The highest BCUT2D eigenvalue weighted by Gasteiger charge is 2.22. The Morgan fingerprint density at radius 3 is 2.53 bits per heavy atom. The predicted octanol–water partition coefficient (Wildman–Crippen LogP) is 3.25. The van der Waals surface area contributed by atoms with Crippen molar-refractivity contribution >= 4 is 33.3 Å². The highest BCUT2D eigenvalue weighted by atomic mass is 32.2. The number of para-hydroxylation sites is 2. The summed E-state index contributed by atoms with van der Waals surface area (Å²) in [6.45, 7) is 0. The minimum Gasteiger partial charge on any atom is -0.495 e. The van der Waals surface area contributed by atoms with Crippen molar-refractivity contribution < 1.29 is 18.1 Å². The minimum atomic E-state index is -4.09. The first kappa shape index (κ1) is 20.7. The maximum Gasteiger partial charge on any atom is 0.295 e. The quantitative estimate of drug-likeness (QED) is 0.320. The van der Waals surface area contributed by atoms with E-state index >= 15 is 0 Å². The molecule has 1 heterocycles. The van der Waals surface area contributed by atoms with Gasteiger partial charge in [-0.25, -0.2) is 8.42 Å². The molecule has 2 aromatic carbocycles. The van der Waals surface area contributed by atoms with Gasteiger partial charge in [-0.05, 0) is 42.0 Å². The first-order chi connectivity index (χ1) is 14.4. The molecule has 0 unspecified atom stereocenters. The number of methoxy groups -OCH3 is 1. The molecule has 3 rings (SSSR count). The van der Waals surface area contributed by atoms with Gasteiger partial charge in [0.15, 0.2) is 0 Å². The van der Waals surface area contributed by atoms with Crippen LogP contribution in [0.1, 0.15) is 5.56 Å². The maximum atomic E-state index is 12.7. The highest BCUT2D eigenvalue weighted by molar-refractivity contribution is 7.92. The lowest BCUT2D eigenvalue weighted by atomic mass is 10.3. The van der Waals surface area contributed by atoms with Crippen molar-refractivity contribution in [3.8, 4) is 5.75 Å². The van der Waals surface area contributed by atoms with E-state index in [0.717, 1.165) is 11.6 Å². The standard InChI is InChI=1S/C19H17N5O5S/c1-29-19-5-3-2-4-17(19)23-30(27,28)15-6-7-16(18(12-15)24(25)26)22-21-13-14-8-10-20-11-9-14/h2-13,22-23H,1H3/b21-13-. The van der Waals surface area contributed by atoms with Crippen molar-refractivity contribution in [1.82, 2.24) is 4.98 Å². The predicted molar refractivity (Wildman–Crippen MR) is 112 cm³/mol. The third-order valence-corrected chi connectivity index (χ3v) is 5.30. The Morgan fingerprint density at radius 1 is 1.10 bits per heavy atom. The summed E-state index contributed by atoms with van der Waals surface area (Å²) in [7, 11) is -2.68. The third-order valence-electron chi connectivity index (χ3n) is 3.93. The van der Waals surface area contributed by atoms with E-state index in [1.165, 1.54) is 31.5 Å². The van der Waals surface area contributed by atoms with Crippen LogP contribution in [0.2, 0.25) is 0 Å². The number of hydrazone groups is 1. The monoisotopic (exact) mass is 427 g/mol. The summed E-state index contributed by atoms with van der Waals surface area (Å²) in [5.74, 6) is 0.319. The second-order valence-electron chi connectivity index (χ2n) is 5.89. The van der Waals surface area contributed by atoms with Crippen molar-refractivity contribution in [1.29, 1.82) is 0 Å². The van der Waals surface area contributed by atoms with Crippen LogP contribution in [-0.2, 0) is 10.0 Å². The van der Waals surface area contributed by atoms with E-state index in [0.29, 0.717) is 5.75 Å². The zero-order valence-electron chi connectivity index (χ0n) is 15.7. The Kier molecular flexibility index (Phi) is 6.23. The Balaban J connectivity index is 1.87. The molecule has 0 aliphatic carbocycles. The van der Waals surface area contributed by atoms with Crippen molar-refractivity contribution in [2.45, 2.75) is 4.90 Å². The fourth-order valence-electron chi connectivity index (χ4n) is 2.48. The van der Waals surface area contributed by atoms with Gasteiger partial charge in [-0.2, -0.15) is 5.10 Å². The molecule has 2 N–H and O–H groups in total. The molecule has 0 amide bonds. The number of ether oxygens (including phenoxy) is 1. The number of nitrogens with one attached hydrogen (secondary N) is 2. The molecule has 10 nitrogen and oxygen atoms in total. The van der Waals surface area contributed by atoms with Gasteiger partial charge in [-0.1, -0.05) is 12.1 Å². The van der Waals surface area contributed by atoms with E-state index in [1.807, 2.05) is 0 Å². The lowest BCUT2D eigenvalue weighted by molar-refractivity contribution is -0.384. The summed E-state index contributed by atoms with van der Waals surface area (Å²) in [6.07, 6.45) is 4.62. The van der Waals surface area contributed by atoms with Crippen molar-refractivity contribution in [3.05, 3.63) is 82.7 Å². The first-order valence-corrected chi connectivity index (χ1v) is 10.0. The number of nitro benzene ring substituents is 1. The van der Waals surface area contributed by atoms with Crippen molar-refractivity contribution in [2.24, 2.45) is 5.10 Å². The van der Waals surface area contributed by atoms with Crippen LogP contribution in [0, 0.1) is 10.1 Å². The van der Waals surface area contributed by atoms with Crippen LogP contribution in [0.25, 0.3) is 0 Å². The molecule has 0 radical (unpaired) electrons. The number of aromatic nitrogens is 1. The molecule has 0 aliphatic heterocycles. The average molecular weight is 427 g/mol. The highest BCUT2D eigenvalue weighted by Crippen LogP contribution is 2.30. The van der Waals surface area contributed by atoms with Gasteiger partial charge in [0.2, 0.25) is 0 Å². The molecule has 1 aromatic heterocycles. The number of benzene rings is 2. The Bertz CT molecular complexity index is 1180. The molecule has 0 fully saturated rings. The van der Waals surface area contributed by atoms with Crippen LogP contribution < -0.4 is 14.9 Å². The SMILES string of the molecule is COc1ccccc1NS(=O)(=O)c1ccc(N/N=C\c2ccncc2)c([N+](=O)[O-])c1. The van der Waals surface area contributed by atoms with Crippen LogP contribution in [-0.4, -0.2) is 31.6 Å². The molecule has 0 spiro atoms. The number of pyridine rings is 1. The van der Waals surface area contributed by atoms with Gasteiger partial charge in [0.25, 0.3) is 15.7 Å². The zero-order chi connectivity index (χ0) is 21.6. The number of rotatable bonds is 8. The molecule has 0 saturated carbocycles. The number of nitrogens with zero attached hydrogens (tertiary/aromatic N) is 3. The molecule has 11 heteroatoms. The Hall–Kier alpha value is -3.99. The van der Waals surface area contributed by atoms with Gasteiger partial charge in [0, 0.05) is 18.5 Å². The van der Waals surface area contributed by atoms with Crippen molar-refractivity contribution in [3.63, 3.8) is 0 Å². The summed E-state index contributed by atoms with van der Waals surface area (Å²) in [6, 6.07) is 13.3. The Morgan fingerprint density at radius 2 is 1.83 bits per heavy atom. The number of anilines is 2. The second-order valence-corrected chi connectivity index (χ2v) is 7.57. The molecule has 30 heavy (non-hydrogen) atoms. The number of sulfonamides is 1. The van der Waals surface area contributed by atoms with Gasteiger partial charge >= 0.3 is 0 Å². The van der Waals surface area contributed by atoms with E-state index in [1.54, 1.807) is 42.7 Å². The van der Waals surface area contributed by atoms with E-state index in [2.05, 4.69) is 20.2 Å². The second kappa shape index (κ2) is 9.01. The number of nitro groups is 1. The molecular weight excluding hydrogens is 410 g/mol. The van der Waals surface area contributed by atoms with E-state index < -0.39 is 20.6 Å². The van der Waals surface area contributed by atoms with Gasteiger partial charge in [-0.15, -0.1) is 0 Å². The third kappa shape index (κ3) is 4.89. The van der Waals surface area contributed by atoms with Gasteiger partial charge in [-0.3, -0.25) is 25.2 Å². The van der Waals surface area contributed by atoms with Crippen LogP contribution in [0.4, 0.5) is 17.1 Å². The summed E-state index contributed by atoms with van der Waals surface area (Å²) < 4.78 is 32.9. The topological polar surface area (TPSA) is 136 Å². The zero-order valence-corrected chi connectivity index (χ0v) is 16.5. The van der Waals surface area contributed by atoms with Crippen LogP contribution in [0.5, 0.6) is 5.75 Å². The molecule has 0 saturated heterocycles. The first-order valence-electron chi connectivity index (χ1n) is 8.54. The van der Waals surface area contributed by atoms with Gasteiger partial charge < -0.3 is 4.74 Å². The van der Waals surface area contributed by atoms with E-state index in [4.69, 9.17) is 4.74 Å². The van der Waals surface area contributed by atoms with Crippen molar-refractivity contribution in [2.75, 3.05) is 17.3 Å². The fourth-order valence-corrected chi connectivity index (χ4v) is 3.57. The largest absolute Gasteiger partial charge is 0.495 e. The molecule has 154 valence electrons. The number of hydrogen-bond acceptors (Lipinski definition) is 8. The minimum absolute atomic E-state index is 0.0431. The summed E-state index contributed by atoms with van der Waals surface area (Å²) in [5.41, 5.74) is 3.12. The fraction of sp³-hybridized carbons (Fsp3) is 0.0526. The number of hydrogen-bond donors (Lipinski definition) is 2. The summed E-state index contributed by atoms with van der Waals surface area (Å²) in [4.78, 5) is 14.4. The molecule has 3 aromatic rings. The molecular formula is C19H17N5O5S. The average Bonchev–Trinajstić information content (AvgIpc) is 2.74. The van der Waals surface area contributed by atoms with E-state index in [-0.39, 0.29) is 16.3 Å². The molecule has 0 bridgehead atoms. The molecule has 0 atom stereocenters. The van der Waals surface area contributed by atoms with Crippen LogP contribution in [0.15, 0.2) is 77.0 Å². The van der Waals surface area contributed by atoms with Gasteiger partial charge in [0.1, 0.15) is 11.4 Å². The Labute approximate surface area is 172 Å². The summed E-state index contributed by atoms with van der Waals surface area (Å²) >= 11 is 0. The normalized spacial score (nSPS) is 11.2. The lowest BCUT2D eigenvalue weighted by Crippen LogP contribution is -2.14. The maximum absolute atomic E-state index is 12.7. The smallest absolute Gasteiger partial charge is 0.295 e. The molecule has 0 aliphatic rings. The van der Waals surface area contributed by atoms with E-state index in [9.17, 15) is 18.5 Å². The van der Waals surface area contributed by atoms with Crippen LogP contribution in [0.3, 0.4) is 0 Å². The lowest BCUT2D eigenvalue weighted by Gasteiger charge is -2.12. The van der Waals surface area contributed by atoms with Crippen LogP contribution >= 0.6 is 0 Å².